The van der Waals surface area contributed by atoms with Gasteiger partial charge in [-0.25, -0.2) is 14.4 Å². The number of nitro groups is 1. The Balaban J connectivity index is 2.06. The molecule has 0 saturated carbocycles. The molecule has 150 valence electrons. The van der Waals surface area contributed by atoms with Crippen LogP contribution in [-0.4, -0.2) is 40.7 Å². The molecule has 3 rings (SSSR count). The fraction of sp³-hybridized carbons (Fsp3) is 0.450. The number of aromatic nitrogens is 1. The molecule has 0 amide bonds. The van der Waals surface area contributed by atoms with E-state index in [2.05, 4.69) is 24.1 Å². The number of rotatable bonds is 7. The van der Waals surface area contributed by atoms with E-state index in [4.69, 9.17) is 0 Å². The summed E-state index contributed by atoms with van der Waals surface area (Å²) in [4.78, 5) is 15.8. The highest BCUT2D eigenvalue weighted by molar-refractivity contribution is 5.69. The number of anilines is 3. The number of benzene rings is 1. The third kappa shape index (κ3) is 4.75. The van der Waals surface area contributed by atoms with Gasteiger partial charge in [-0.1, -0.05) is 32.0 Å². The third-order valence-electron chi connectivity index (χ3n) is 4.57. The molecule has 2 heterocycles. The standard InChI is InChI=1S/C20H26FN5O2/c1-15(2)13-22-19-11-10-18(26(27)28)20(23-19)25(17-8-4-3-5-9-17)24-12-6-7-16(21)14-24/h3-5,8-11,15-16H,6-7,12-14H2,1-2H3,(H,22,23). The van der Waals surface area contributed by atoms with Crippen molar-refractivity contribution in [2.75, 3.05) is 30.0 Å². The molecule has 2 aromatic rings. The van der Waals surface area contributed by atoms with Crippen LogP contribution in [-0.2, 0) is 0 Å². The molecule has 1 aromatic carbocycles. The Bertz CT molecular complexity index is 802. The Labute approximate surface area is 164 Å². The summed E-state index contributed by atoms with van der Waals surface area (Å²) in [5, 5.41) is 18.4. The second-order valence-corrected chi connectivity index (χ2v) is 7.37. The molecule has 1 N–H and O–H groups in total. The van der Waals surface area contributed by atoms with Crippen molar-refractivity contribution in [3.8, 4) is 0 Å². The van der Waals surface area contributed by atoms with E-state index in [9.17, 15) is 14.5 Å². The molecule has 0 aliphatic carbocycles. The average Bonchev–Trinajstić information content (AvgIpc) is 2.67. The van der Waals surface area contributed by atoms with Crippen LogP contribution in [0.5, 0.6) is 0 Å². The van der Waals surface area contributed by atoms with Crippen LogP contribution >= 0.6 is 0 Å². The van der Waals surface area contributed by atoms with Gasteiger partial charge in [-0.2, -0.15) is 0 Å². The maximum Gasteiger partial charge on any atom is 0.313 e. The van der Waals surface area contributed by atoms with Gasteiger partial charge < -0.3 is 5.32 Å². The summed E-state index contributed by atoms with van der Waals surface area (Å²) in [5.41, 5.74) is 0.605. The van der Waals surface area contributed by atoms with E-state index in [0.29, 0.717) is 43.4 Å². The van der Waals surface area contributed by atoms with Gasteiger partial charge in [0.05, 0.1) is 10.6 Å². The summed E-state index contributed by atoms with van der Waals surface area (Å²) in [6.45, 7) is 5.64. The first-order valence-electron chi connectivity index (χ1n) is 9.59. The number of nitrogens with zero attached hydrogens (tertiary/aromatic N) is 4. The van der Waals surface area contributed by atoms with E-state index in [1.165, 1.54) is 6.07 Å². The SMILES string of the molecule is CC(C)CNc1ccc([N+](=O)[O-])c(N(c2ccccc2)N2CCCC(F)C2)n1. The Morgan fingerprint density at radius 2 is 2.07 bits per heavy atom. The number of nitrogens with one attached hydrogen (secondary N) is 1. The Morgan fingerprint density at radius 1 is 1.32 bits per heavy atom. The molecule has 1 aliphatic rings. The summed E-state index contributed by atoms with van der Waals surface area (Å²) >= 11 is 0. The van der Waals surface area contributed by atoms with E-state index in [1.807, 2.05) is 35.3 Å². The molecule has 1 unspecified atom stereocenters. The number of hydrogen-bond acceptors (Lipinski definition) is 6. The van der Waals surface area contributed by atoms with Gasteiger partial charge in [0.15, 0.2) is 0 Å². The van der Waals surface area contributed by atoms with Gasteiger partial charge >= 0.3 is 5.69 Å². The lowest BCUT2D eigenvalue weighted by Crippen LogP contribution is -2.47. The molecular formula is C20H26FN5O2. The molecule has 28 heavy (non-hydrogen) atoms. The van der Waals surface area contributed by atoms with Crippen molar-refractivity contribution < 1.29 is 9.31 Å². The van der Waals surface area contributed by atoms with Gasteiger partial charge in [0.1, 0.15) is 12.0 Å². The van der Waals surface area contributed by atoms with Crippen LogP contribution in [0.3, 0.4) is 0 Å². The van der Waals surface area contributed by atoms with Crippen LogP contribution in [0.4, 0.5) is 27.4 Å². The van der Waals surface area contributed by atoms with Crippen LogP contribution < -0.4 is 10.3 Å². The van der Waals surface area contributed by atoms with Crippen molar-refractivity contribution in [1.29, 1.82) is 0 Å². The topological polar surface area (TPSA) is 74.5 Å². The first-order chi connectivity index (χ1) is 13.5. The van der Waals surface area contributed by atoms with Crippen molar-refractivity contribution >= 4 is 23.0 Å². The molecule has 0 radical (unpaired) electrons. The Morgan fingerprint density at radius 3 is 2.71 bits per heavy atom. The Kier molecular flexibility index (Phi) is 6.41. The second-order valence-electron chi connectivity index (χ2n) is 7.37. The van der Waals surface area contributed by atoms with Gasteiger partial charge in [-0.3, -0.25) is 15.1 Å². The lowest BCUT2D eigenvalue weighted by molar-refractivity contribution is -0.384. The maximum atomic E-state index is 14.1. The first kappa shape index (κ1) is 20.0. The number of piperidine rings is 1. The van der Waals surface area contributed by atoms with E-state index in [-0.39, 0.29) is 18.1 Å². The summed E-state index contributed by atoms with van der Waals surface area (Å²) in [5.74, 6) is 1.16. The van der Waals surface area contributed by atoms with E-state index in [0.717, 1.165) is 0 Å². The highest BCUT2D eigenvalue weighted by Crippen LogP contribution is 2.35. The molecule has 1 atom stereocenters. The number of hydrazine groups is 1. The quantitative estimate of drug-likeness (QED) is 0.555. The molecule has 1 fully saturated rings. The smallest absolute Gasteiger partial charge is 0.313 e. The Hall–Kier alpha value is -2.74. The largest absolute Gasteiger partial charge is 0.370 e. The predicted molar refractivity (Wildman–Crippen MR) is 109 cm³/mol. The number of para-hydroxylation sites is 1. The highest BCUT2D eigenvalue weighted by Gasteiger charge is 2.31. The normalized spacial score (nSPS) is 17.5. The zero-order chi connectivity index (χ0) is 20.1. The van der Waals surface area contributed by atoms with Crippen molar-refractivity contribution in [2.45, 2.75) is 32.9 Å². The van der Waals surface area contributed by atoms with Crippen LogP contribution in [0.2, 0.25) is 0 Å². The summed E-state index contributed by atoms with van der Waals surface area (Å²) in [6, 6.07) is 12.3. The van der Waals surface area contributed by atoms with Gasteiger partial charge in [0.25, 0.3) is 0 Å². The predicted octanol–water partition coefficient (Wildman–Crippen LogP) is 4.54. The van der Waals surface area contributed by atoms with Crippen LogP contribution in [0.15, 0.2) is 42.5 Å². The molecule has 0 spiro atoms. The van der Waals surface area contributed by atoms with Crippen molar-refractivity contribution in [2.24, 2.45) is 5.92 Å². The lowest BCUT2D eigenvalue weighted by Gasteiger charge is -2.38. The second kappa shape index (κ2) is 8.97. The molecule has 7 nitrogen and oxygen atoms in total. The minimum atomic E-state index is -0.971. The van der Waals surface area contributed by atoms with Crippen LogP contribution in [0.25, 0.3) is 0 Å². The van der Waals surface area contributed by atoms with E-state index in [1.54, 1.807) is 11.1 Å². The lowest BCUT2D eigenvalue weighted by atomic mass is 10.1. The third-order valence-corrected chi connectivity index (χ3v) is 4.57. The van der Waals surface area contributed by atoms with Gasteiger partial charge in [-0.05, 0) is 37.0 Å². The molecule has 1 aliphatic heterocycles. The van der Waals surface area contributed by atoms with Crippen LogP contribution in [0, 0.1) is 16.0 Å². The molecule has 0 bridgehead atoms. The first-order valence-corrected chi connectivity index (χ1v) is 9.59. The molecule has 8 heteroatoms. The summed E-state index contributed by atoms with van der Waals surface area (Å²) < 4.78 is 14.1. The molecular weight excluding hydrogens is 361 g/mol. The van der Waals surface area contributed by atoms with Crippen molar-refractivity contribution in [3.05, 3.63) is 52.6 Å². The number of hydrogen-bond donors (Lipinski definition) is 1. The highest BCUT2D eigenvalue weighted by atomic mass is 19.1. The molecule has 1 saturated heterocycles. The van der Waals surface area contributed by atoms with Gasteiger partial charge in [0.2, 0.25) is 5.82 Å². The average molecular weight is 387 g/mol. The van der Waals surface area contributed by atoms with Crippen molar-refractivity contribution in [3.63, 3.8) is 0 Å². The summed E-state index contributed by atoms with van der Waals surface area (Å²) in [7, 11) is 0. The number of alkyl halides is 1. The zero-order valence-corrected chi connectivity index (χ0v) is 16.2. The van der Waals surface area contributed by atoms with Crippen LogP contribution in [0.1, 0.15) is 26.7 Å². The summed E-state index contributed by atoms with van der Waals surface area (Å²) in [6.07, 6.45) is 0.218. The monoisotopic (exact) mass is 387 g/mol. The number of halogens is 1. The van der Waals surface area contributed by atoms with E-state index < -0.39 is 11.1 Å². The van der Waals surface area contributed by atoms with E-state index >= 15 is 0 Å². The van der Waals surface area contributed by atoms with Gasteiger partial charge in [-0.15, -0.1) is 0 Å². The minimum Gasteiger partial charge on any atom is -0.370 e. The fourth-order valence-electron chi connectivity index (χ4n) is 3.22. The molecule has 1 aromatic heterocycles. The minimum absolute atomic E-state index is 0.111. The fourth-order valence-corrected chi connectivity index (χ4v) is 3.22. The van der Waals surface area contributed by atoms with Gasteiger partial charge in [0, 0.05) is 25.7 Å². The zero-order valence-electron chi connectivity index (χ0n) is 16.2. The van der Waals surface area contributed by atoms with Crippen molar-refractivity contribution in [1.82, 2.24) is 9.99 Å². The number of pyridine rings is 1. The maximum absolute atomic E-state index is 14.1.